The summed E-state index contributed by atoms with van der Waals surface area (Å²) in [5.41, 5.74) is 0.395. The number of ether oxygens (including phenoxy) is 2. The number of aromatic nitrogens is 2. The number of nitrogens with one attached hydrogen (secondary N) is 2. The minimum atomic E-state index is -0.497. The van der Waals surface area contributed by atoms with Crippen LogP contribution in [0.3, 0.4) is 0 Å². The molecule has 3 aromatic rings. The fourth-order valence-electron chi connectivity index (χ4n) is 2.64. The molecule has 2 N–H and O–H groups in total. The van der Waals surface area contributed by atoms with Gasteiger partial charge in [-0.3, -0.25) is 10.1 Å². The summed E-state index contributed by atoms with van der Waals surface area (Å²) in [6.45, 7) is 0.687. The van der Waals surface area contributed by atoms with Crippen LogP contribution in [0.15, 0.2) is 42.0 Å². The van der Waals surface area contributed by atoms with E-state index in [1.165, 1.54) is 11.2 Å². The number of nitro groups is 1. The fraction of sp³-hybridized carbons (Fsp3) is 0.176. The van der Waals surface area contributed by atoms with Crippen molar-refractivity contribution in [1.29, 1.82) is 0 Å². The number of nitrogens with zero attached hydrogens (tertiary/aromatic N) is 3. The first-order chi connectivity index (χ1) is 13.2. The van der Waals surface area contributed by atoms with E-state index in [1.807, 2.05) is 17.5 Å². The van der Waals surface area contributed by atoms with Gasteiger partial charge in [0.05, 0.1) is 4.92 Å². The molecular weight excluding hydrogens is 370 g/mol. The number of hydrogen-bond donors (Lipinski definition) is 2. The maximum Gasteiger partial charge on any atom is 0.353 e. The Morgan fingerprint density at radius 3 is 2.85 bits per heavy atom. The molecule has 0 radical (unpaired) electrons. The molecule has 4 rings (SSSR count). The average molecular weight is 385 g/mol. The van der Waals surface area contributed by atoms with Crippen LogP contribution in [-0.4, -0.2) is 28.2 Å². The largest absolute Gasteiger partial charge is 0.454 e. The minimum absolute atomic E-state index is 0.104. The summed E-state index contributed by atoms with van der Waals surface area (Å²) in [6, 6.07) is 9.17. The zero-order valence-electron chi connectivity index (χ0n) is 14.0. The average Bonchev–Trinajstić information content (AvgIpc) is 3.32. The number of thiophene rings is 1. The van der Waals surface area contributed by atoms with Gasteiger partial charge in [-0.2, -0.15) is 0 Å². The molecule has 0 saturated heterocycles. The highest BCUT2D eigenvalue weighted by atomic mass is 32.1. The second-order valence-corrected chi connectivity index (χ2v) is 6.66. The highest BCUT2D eigenvalue weighted by molar-refractivity contribution is 7.09. The van der Waals surface area contributed by atoms with Gasteiger partial charge < -0.3 is 20.1 Å². The molecule has 1 aliphatic rings. The predicted molar refractivity (Wildman–Crippen MR) is 101 cm³/mol. The van der Waals surface area contributed by atoms with Crippen molar-refractivity contribution in [1.82, 2.24) is 9.97 Å². The smallest absolute Gasteiger partial charge is 0.353 e. The van der Waals surface area contributed by atoms with Crippen molar-refractivity contribution in [3.63, 3.8) is 0 Å². The van der Waals surface area contributed by atoms with Crippen LogP contribution >= 0.6 is 11.3 Å². The van der Waals surface area contributed by atoms with Gasteiger partial charge in [-0.1, -0.05) is 6.07 Å². The van der Waals surface area contributed by atoms with Crippen molar-refractivity contribution in [2.24, 2.45) is 0 Å². The van der Waals surface area contributed by atoms with Crippen molar-refractivity contribution in [3.05, 3.63) is 57.0 Å². The van der Waals surface area contributed by atoms with E-state index in [-0.39, 0.29) is 24.1 Å². The van der Waals surface area contributed by atoms with Gasteiger partial charge in [0.1, 0.15) is 6.33 Å². The molecule has 27 heavy (non-hydrogen) atoms. The molecule has 3 heterocycles. The predicted octanol–water partition coefficient (Wildman–Crippen LogP) is 3.57. The number of hydrogen-bond acceptors (Lipinski definition) is 9. The van der Waals surface area contributed by atoms with Crippen molar-refractivity contribution >= 4 is 34.3 Å². The Labute approximate surface area is 158 Å². The zero-order chi connectivity index (χ0) is 18.6. The fourth-order valence-corrected chi connectivity index (χ4v) is 3.35. The van der Waals surface area contributed by atoms with E-state index in [0.29, 0.717) is 23.7 Å². The molecule has 1 aliphatic heterocycles. The molecule has 0 saturated carbocycles. The summed E-state index contributed by atoms with van der Waals surface area (Å²) >= 11 is 1.64. The second kappa shape index (κ2) is 7.46. The normalized spacial score (nSPS) is 12.0. The lowest BCUT2D eigenvalue weighted by atomic mass is 10.2. The summed E-state index contributed by atoms with van der Waals surface area (Å²) in [5.74, 6) is 1.49. The molecule has 1 aromatic carbocycles. The SMILES string of the molecule is O=[N+]([O-])c1c(NCCc2cccs2)ncnc1Nc1ccc2c(c1)OCO2. The Balaban J connectivity index is 1.54. The first kappa shape index (κ1) is 17.0. The van der Waals surface area contributed by atoms with E-state index < -0.39 is 4.92 Å². The van der Waals surface area contributed by atoms with Gasteiger partial charge >= 0.3 is 5.69 Å². The number of rotatable bonds is 7. The van der Waals surface area contributed by atoms with Crippen LogP contribution in [-0.2, 0) is 6.42 Å². The van der Waals surface area contributed by atoms with E-state index in [9.17, 15) is 10.1 Å². The van der Waals surface area contributed by atoms with Crippen molar-refractivity contribution in [2.75, 3.05) is 24.0 Å². The van der Waals surface area contributed by atoms with Crippen molar-refractivity contribution in [3.8, 4) is 11.5 Å². The van der Waals surface area contributed by atoms with Gasteiger partial charge in [0.25, 0.3) is 0 Å². The number of anilines is 3. The van der Waals surface area contributed by atoms with Crippen LogP contribution in [0, 0.1) is 10.1 Å². The van der Waals surface area contributed by atoms with Crippen LogP contribution in [0.1, 0.15) is 4.88 Å². The summed E-state index contributed by atoms with van der Waals surface area (Å²) in [5, 5.41) is 19.6. The third-order valence-electron chi connectivity index (χ3n) is 3.88. The molecule has 0 amide bonds. The Morgan fingerprint density at radius 2 is 2.04 bits per heavy atom. The molecule has 0 aliphatic carbocycles. The van der Waals surface area contributed by atoms with Crippen LogP contribution in [0.4, 0.5) is 23.0 Å². The van der Waals surface area contributed by atoms with Gasteiger partial charge in [0.15, 0.2) is 11.5 Å². The maximum atomic E-state index is 11.6. The van der Waals surface area contributed by atoms with Crippen LogP contribution < -0.4 is 20.1 Å². The lowest BCUT2D eigenvalue weighted by Gasteiger charge is -2.10. The van der Waals surface area contributed by atoms with Gasteiger partial charge in [0, 0.05) is 23.2 Å². The zero-order valence-corrected chi connectivity index (χ0v) is 14.9. The second-order valence-electron chi connectivity index (χ2n) is 5.63. The van der Waals surface area contributed by atoms with Gasteiger partial charge in [-0.25, -0.2) is 9.97 Å². The summed E-state index contributed by atoms with van der Waals surface area (Å²) in [6.07, 6.45) is 2.04. The molecule has 2 aromatic heterocycles. The Kier molecular flexibility index (Phi) is 4.71. The Hall–Kier alpha value is -3.40. The lowest BCUT2D eigenvalue weighted by Crippen LogP contribution is -2.10. The quantitative estimate of drug-likeness (QED) is 0.469. The molecule has 10 heteroatoms. The summed E-state index contributed by atoms with van der Waals surface area (Å²) < 4.78 is 10.6. The molecule has 0 atom stereocenters. The number of benzene rings is 1. The van der Waals surface area contributed by atoms with Gasteiger partial charge in [0.2, 0.25) is 18.4 Å². The lowest BCUT2D eigenvalue weighted by molar-refractivity contribution is -0.383. The first-order valence-electron chi connectivity index (χ1n) is 8.13. The van der Waals surface area contributed by atoms with Crippen LogP contribution in [0.5, 0.6) is 11.5 Å². The van der Waals surface area contributed by atoms with Crippen molar-refractivity contribution < 1.29 is 14.4 Å². The molecule has 0 spiro atoms. The van der Waals surface area contributed by atoms with E-state index in [4.69, 9.17) is 9.47 Å². The third kappa shape index (κ3) is 3.75. The molecular formula is C17H15N5O4S. The molecule has 138 valence electrons. The van der Waals surface area contributed by atoms with E-state index >= 15 is 0 Å². The van der Waals surface area contributed by atoms with Gasteiger partial charge in [-0.05, 0) is 30.0 Å². The molecule has 9 nitrogen and oxygen atoms in total. The third-order valence-corrected chi connectivity index (χ3v) is 4.82. The van der Waals surface area contributed by atoms with Gasteiger partial charge in [-0.15, -0.1) is 11.3 Å². The van der Waals surface area contributed by atoms with E-state index in [0.717, 1.165) is 6.42 Å². The Morgan fingerprint density at radius 1 is 1.19 bits per heavy atom. The monoisotopic (exact) mass is 385 g/mol. The molecule has 0 fully saturated rings. The highest BCUT2D eigenvalue weighted by Gasteiger charge is 2.23. The molecule has 0 bridgehead atoms. The standard InChI is InChI=1S/C17H15N5O4S/c23-22(24)15-16(18-6-5-12-2-1-7-27-12)19-9-20-17(15)21-11-3-4-13-14(8-11)26-10-25-13/h1-4,7-9H,5-6,10H2,(H2,18,19,20,21). The highest BCUT2D eigenvalue weighted by Crippen LogP contribution is 2.37. The van der Waals surface area contributed by atoms with E-state index in [2.05, 4.69) is 20.6 Å². The van der Waals surface area contributed by atoms with E-state index in [1.54, 1.807) is 29.5 Å². The van der Waals surface area contributed by atoms with Crippen LogP contribution in [0.25, 0.3) is 0 Å². The van der Waals surface area contributed by atoms with Crippen molar-refractivity contribution in [2.45, 2.75) is 6.42 Å². The van der Waals surface area contributed by atoms with Crippen LogP contribution in [0.2, 0.25) is 0 Å². The Bertz CT molecular complexity index is 964. The maximum absolute atomic E-state index is 11.6. The summed E-state index contributed by atoms with van der Waals surface area (Å²) in [7, 11) is 0. The minimum Gasteiger partial charge on any atom is -0.454 e. The summed E-state index contributed by atoms with van der Waals surface area (Å²) in [4.78, 5) is 20.4. The molecule has 0 unspecified atom stereocenters. The number of fused-ring (bicyclic) bond motifs is 1. The topological polar surface area (TPSA) is 111 Å². The first-order valence-corrected chi connectivity index (χ1v) is 9.01.